The van der Waals surface area contributed by atoms with E-state index in [4.69, 9.17) is 4.74 Å². The molecule has 100 valence electrons. The first-order chi connectivity index (χ1) is 9.08. The van der Waals surface area contributed by atoms with Gasteiger partial charge in [-0.25, -0.2) is 4.98 Å². The minimum absolute atomic E-state index is 0.311. The summed E-state index contributed by atoms with van der Waals surface area (Å²) in [7, 11) is 1.59. The zero-order valence-electron chi connectivity index (χ0n) is 10.4. The fourth-order valence-corrected chi connectivity index (χ4v) is 2.32. The summed E-state index contributed by atoms with van der Waals surface area (Å²) in [5.74, 6) is -0.181. The zero-order chi connectivity index (χ0) is 13.8. The number of hydrogen-bond donors (Lipinski definition) is 1. The first kappa shape index (κ1) is 13.3. The summed E-state index contributed by atoms with van der Waals surface area (Å²) in [5, 5.41) is 3.03. The van der Waals surface area contributed by atoms with Gasteiger partial charge in [0.15, 0.2) is 11.7 Å². The summed E-state index contributed by atoms with van der Waals surface area (Å²) in [6, 6.07) is 5.45. The van der Waals surface area contributed by atoms with Crippen molar-refractivity contribution in [2.75, 3.05) is 19.0 Å². The molecule has 0 unspecified atom stereocenters. The Labute approximate surface area is 113 Å². The quantitative estimate of drug-likeness (QED) is 0.864. The normalized spacial score (nSPS) is 10.2. The highest BCUT2D eigenvalue weighted by Crippen LogP contribution is 2.28. The number of nitrogens with zero attached hydrogens (tertiary/aromatic N) is 1. The average molecular weight is 280 g/mol. The molecule has 0 aliphatic rings. The second-order valence-electron chi connectivity index (χ2n) is 3.68. The molecule has 0 aliphatic carbocycles. The van der Waals surface area contributed by atoms with Gasteiger partial charge in [-0.2, -0.15) is 0 Å². The van der Waals surface area contributed by atoms with Gasteiger partial charge in [-0.05, 0) is 18.2 Å². The molecule has 19 heavy (non-hydrogen) atoms. The number of carbonyl (C=O) groups excluding carboxylic acids is 2. The Bertz CT molecular complexity index is 623. The Morgan fingerprint density at radius 3 is 2.89 bits per heavy atom. The number of ether oxygens (including phenoxy) is 2. The lowest BCUT2D eigenvalue weighted by atomic mass is 10.3. The molecule has 1 aromatic heterocycles. The van der Waals surface area contributed by atoms with Crippen LogP contribution in [0.1, 0.15) is 6.92 Å². The van der Waals surface area contributed by atoms with Crippen molar-refractivity contribution in [1.29, 1.82) is 0 Å². The molecule has 0 fully saturated rings. The van der Waals surface area contributed by atoms with Gasteiger partial charge in [0.25, 0.3) is 5.91 Å². The Balaban J connectivity index is 2.08. The standard InChI is InChI=1S/C12H12N2O4S/c1-7(15)18-6-11(16)14-12-13-9-4-3-8(17-2)5-10(9)19-12/h3-5H,6H2,1-2H3,(H,13,14,16). The smallest absolute Gasteiger partial charge is 0.303 e. The Hall–Kier alpha value is -2.15. The molecule has 2 aromatic rings. The van der Waals surface area contributed by atoms with Crippen molar-refractivity contribution < 1.29 is 19.1 Å². The van der Waals surface area contributed by atoms with E-state index in [-0.39, 0.29) is 6.61 Å². The first-order valence-electron chi connectivity index (χ1n) is 5.46. The summed E-state index contributed by atoms with van der Waals surface area (Å²) in [6.07, 6.45) is 0. The third-order valence-electron chi connectivity index (χ3n) is 2.25. The minimum Gasteiger partial charge on any atom is -0.497 e. The summed E-state index contributed by atoms with van der Waals surface area (Å²) in [5.41, 5.74) is 0.772. The van der Waals surface area contributed by atoms with E-state index in [9.17, 15) is 9.59 Å². The molecule has 1 aromatic carbocycles. The summed E-state index contributed by atoms with van der Waals surface area (Å²) >= 11 is 1.33. The van der Waals surface area contributed by atoms with E-state index in [1.807, 2.05) is 12.1 Å². The molecule has 0 spiro atoms. The number of rotatable bonds is 4. The number of methoxy groups -OCH3 is 1. The number of anilines is 1. The highest BCUT2D eigenvalue weighted by molar-refractivity contribution is 7.22. The number of nitrogens with one attached hydrogen (secondary N) is 1. The van der Waals surface area contributed by atoms with Gasteiger partial charge in [0.05, 0.1) is 17.3 Å². The number of fused-ring (bicyclic) bond motifs is 1. The first-order valence-corrected chi connectivity index (χ1v) is 6.28. The van der Waals surface area contributed by atoms with Crippen molar-refractivity contribution in [3.63, 3.8) is 0 Å². The molecule has 6 nitrogen and oxygen atoms in total. The molecule has 1 heterocycles. The number of hydrogen-bond acceptors (Lipinski definition) is 6. The van der Waals surface area contributed by atoms with Gasteiger partial charge in [-0.15, -0.1) is 0 Å². The molecule has 0 saturated heterocycles. The largest absolute Gasteiger partial charge is 0.497 e. The maximum absolute atomic E-state index is 11.5. The fraction of sp³-hybridized carbons (Fsp3) is 0.250. The van der Waals surface area contributed by atoms with Crippen LogP contribution in [-0.2, 0) is 14.3 Å². The van der Waals surface area contributed by atoms with Crippen LogP contribution in [0.15, 0.2) is 18.2 Å². The van der Waals surface area contributed by atoms with Crippen LogP contribution in [0.3, 0.4) is 0 Å². The van der Waals surface area contributed by atoms with Gasteiger partial charge in [0.1, 0.15) is 5.75 Å². The SMILES string of the molecule is COc1ccc2nc(NC(=O)COC(C)=O)sc2c1. The third-order valence-corrected chi connectivity index (χ3v) is 3.18. The van der Waals surface area contributed by atoms with Crippen LogP contribution in [0.5, 0.6) is 5.75 Å². The van der Waals surface area contributed by atoms with E-state index in [2.05, 4.69) is 15.0 Å². The molecule has 1 amide bonds. The van der Waals surface area contributed by atoms with Crippen molar-refractivity contribution in [1.82, 2.24) is 4.98 Å². The topological polar surface area (TPSA) is 77.5 Å². The Morgan fingerprint density at radius 1 is 1.42 bits per heavy atom. The number of esters is 1. The van der Waals surface area contributed by atoms with Crippen molar-refractivity contribution >= 4 is 38.6 Å². The fourth-order valence-electron chi connectivity index (χ4n) is 1.41. The Morgan fingerprint density at radius 2 is 2.21 bits per heavy atom. The number of aromatic nitrogens is 1. The summed E-state index contributed by atoms with van der Waals surface area (Å²) in [6.45, 7) is 0.936. The molecule has 0 atom stereocenters. The van der Waals surface area contributed by atoms with E-state index in [0.29, 0.717) is 5.13 Å². The Kier molecular flexibility index (Phi) is 3.96. The molecule has 2 rings (SSSR count). The van der Waals surface area contributed by atoms with Gasteiger partial charge in [0, 0.05) is 6.92 Å². The van der Waals surface area contributed by atoms with Crippen LogP contribution in [-0.4, -0.2) is 30.6 Å². The summed E-state index contributed by atoms with van der Waals surface area (Å²) < 4.78 is 10.6. The number of benzene rings is 1. The van der Waals surface area contributed by atoms with Crippen molar-refractivity contribution in [3.8, 4) is 5.75 Å². The van der Waals surface area contributed by atoms with Crippen LogP contribution in [0.25, 0.3) is 10.2 Å². The third kappa shape index (κ3) is 3.41. The highest BCUT2D eigenvalue weighted by atomic mass is 32.1. The minimum atomic E-state index is -0.496. The van der Waals surface area contributed by atoms with Crippen LogP contribution in [0.2, 0.25) is 0 Å². The predicted octanol–water partition coefficient (Wildman–Crippen LogP) is 1.81. The van der Waals surface area contributed by atoms with E-state index in [1.165, 1.54) is 18.3 Å². The van der Waals surface area contributed by atoms with Gasteiger partial charge in [-0.1, -0.05) is 11.3 Å². The molecule has 0 saturated carbocycles. The molecular formula is C12H12N2O4S. The maximum atomic E-state index is 11.5. The predicted molar refractivity (Wildman–Crippen MR) is 71.4 cm³/mol. The molecule has 0 radical (unpaired) electrons. The molecule has 7 heteroatoms. The zero-order valence-corrected chi connectivity index (χ0v) is 11.2. The number of thiazole rings is 1. The van der Waals surface area contributed by atoms with E-state index in [0.717, 1.165) is 16.0 Å². The lowest BCUT2D eigenvalue weighted by Gasteiger charge is -2.00. The second-order valence-corrected chi connectivity index (χ2v) is 4.71. The van der Waals surface area contributed by atoms with E-state index in [1.54, 1.807) is 13.2 Å². The van der Waals surface area contributed by atoms with E-state index >= 15 is 0 Å². The van der Waals surface area contributed by atoms with E-state index < -0.39 is 11.9 Å². The molecule has 0 aliphatic heterocycles. The average Bonchev–Trinajstić information content (AvgIpc) is 2.77. The van der Waals surface area contributed by atoms with Gasteiger partial charge in [0.2, 0.25) is 0 Å². The molecule has 1 N–H and O–H groups in total. The van der Waals surface area contributed by atoms with Gasteiger partial charge >= 0.3 is 5.97 Å². The van der Waals surface area contributed by atoms with Crippen molar-refractivity contribution in [2.24, 2.45) is 0 Å². The van der Waals surface area contributed by atoms with Crippen LogP contribution >= 0.6 is 11.3 Å². The second kappa shape index (κ2) is 5.66. The van der Waals surface area contributed by atoms with Crippen LogP contribution in [0, 0.1) is 0 Å². The number of amides is 1. The monoisotopic (exact) mass is 280 g/mol. The van der Waals surface area contributed by atoms with Gasteiger partial charge < -0.3 is 9.47 Å². The lowest BCUT2D eigenvalue weighted by molar-refractivity contribution is -0.144. The van der Waals surface area contributed by atoms with Crippen LogP contribution in [0.4, 0.5) is 5.13 Å². The van der Waals surface area contributed by atoms with Gasteiger partial charge in [-0.3, -0.25) is 14.9 Å². The highest BCUT2D eigenvalue weighted by Gasteiger charge is 2.09. The maximum Gasteiger partial charge on any atom is 0.303 e. The number of carbonyl (C=O) groups is 2. The van der Waals surface area contributed by atoms with Crippen molar-refractivity contribution in [3.05, 3.63) is 18.2 Å². The lowest BCUT2D eigenvalue weighted by Crippen LogP contribution is -2.19. The summed E-state index contributed by atoms with van der Waals surface area (Å²) in [4.78, 5) is 26.3. The van der Waals surface area contributed by atoms with Crippen LogP contribution < -0.4 is 10.1 Å². The molecule has 0 bridgehead atoms. The molecular weight excluding hydrogens is 268 g/mol. The van der Waals surface area contributed by atoms with Crippen molar-refractivity contribution in [2.45, 2.75) is 6.92 Å².